The van der Waals surface area contributed by atoms with E-state index in [0.29, 0.717) is 11.6 Å². The Hall–Kier alpha value is -2.57. The largest absolute Gasteiger partial charge is 0.480 e. The molecule has 2 atom stereocenters. The molecule has 7 nitrogen and oxygen atoms in total. The lowest BCUT2D eigenvalue weighted by atomic mass is 10.2. The summed E-state index contributed by atoms with van der Waals surface area (Å²) in [5.41, 5.74) is 0.555. The highest BCUT2D eigenvalue weighted by Crippen LogP contribution is 2.30. The molecule has 2 heterocycles. The van der Waals surface area contributed by atoms with E-state index in [9.17, 15) is 4.79 Å². The molecular weight excluding hydrogens is 282 g/mol. The van der Waals surface area contributed by atoms with Crippen molar-refractivity contribution in [2.75, 3.05) is 12.4 Å². The molecule has 0 spiro atoms. The van der Waals surface area contributed by atoms with Gasteiger partial charge in [0.2, 0.25) is 5.88 Å². The number of hydrogen-bond donors (Lipinski definition) is 2. The van der Waals surface area contributed by atoms with Crippen LogP contribution in [0, 0.1) is 0 Å². The molecule has 7 heteroatoms. The van der Waals surface area contributed by atoms with E-state index in [2.05, 4.69) is 25.2 Å². The number of rotatable bonds is 4. The molecule has 2 aromatic rings. The van der Waals surface area contributed by atoms with Gasteiger partial charge in [0.15, 0.2) is 0 Å². The number of aromatic nitrogens is 3. The van der Waals surface area contributed by atoms with E-state index < -0.39 is 0 Å². The van der Waals surface area contributed by atoms with Crippen molar-refractivity contribution < 1.29 is 9.53 Å². The van der Waals surface area contributed by atoms with Crippen LogP contribution in [-0.2, 0) is 0 Å². The van der Waals surface area contributed by atoms with E-state index >= 15 is 0 Å². The third kappa shape index (κ3) is 3.03. The van der Waals surface area contributed by atoms with E-state index in [-0.39, 0.29) is 18.1 Å². The van der Waals surface area contributed by atoms with Gasteiger partial charge in [0.1, 0.15) is 5.69 Å². The van der Waals surface area contributed by atoms with Crippen LogP contribution in [0.4, 0.5) is 10.5 Å². The SMILES string of the molecule is COc1ncccc1NC(=O)N[C@H]1CCC[C@@H]1n1ccnc1. The molecule has 1 aliphatic rings. The first kappa shape index (κ1) is 14.4. The molecule has 1 saturated carbocycles. The van der Waals surface area contributed by atoms with Crippen LogP contribution in [-0.4, -0.2) is 33.7 Å². The van der Waals surface area contributed by atoms with Crippen LogP contribution < -0.4 is 15.4 Å². The van der Waals surface area contributed by atoms with Crippen molar-refractivity contribution in [1.82, 2.24) is 19.9 Å². The van der Waals surface area contributed by atoms with Crippen molar-refractivity contribution in [2.24, 2.45) is 0 Å². The summed E-state index contributed by atoms with van der Waals surface area (Å²) in [6.45, 7) is 0. The summed E-state index contributed by atoms with van der Waals surface area (Å²) in [6, 6.07) is 3.61. The minimum absolute atomic E-state index is 0.0943. The standard InChI is InChI=1S/C15H19N5O2/c1-22-14-12(5-3-7-17-14)19-15(21)18-11-4-2-6-13(11)20-9-8-16-10-20/h3,5,7-11,13H,2,4,6H2,1H3,(H2,18,19,21)/t11-,13-/m0/s1. The number of nitrogens with one attached hydrogen (secondary N) is 2. The molecule has 1 fully saturated rings. The number of carbonyl (C=O) groups is 1. The normalized spacial score (nSPS) is 20.6. The van der Waals surface area contributed by atoms with Crippen LogP contribution in [0.2, 0.25) is 0 Å². The second-order valence-corrected chi connectivity index (χ2v) is 5.27. The topological polar surface area (TPSA) is 81.1 Å². The molecule has 1 aliphatic carbocycles. The minimum Gasteiger partial charge on any atom is -0.480 e. The molecule has 2 aromatic heterocycles. The minimum atomic E-state index is -0.247. The number of ether oxygens (including phenoxy) is 1. The van der Waals surface area contributed by atoms with Crippen molar-refractivity contribution >= 4 is 11.7 Å². The maximum atomic E-state index is 12.2. The average molecular weight is 301 g/mol. The average Bonchev–Trinajstić information content (AvgIpc) is 3.18. The molecule has 0 unspecified atom stereocenters. The number of carbonyl (C=O) groups excluding carboxylic acids is 1. The zero-order chi connectivity index (χ0) is 15.4. The van der Waals surface area contributed by atoms with Gasteiger partial charge in [-0.1, -0.05) is 0 Å². The number of nitrogens with zero attached hydrogens (tertiary/aromatic N) is 3. The van der Waals surface area contributed by atoms with Crippen molar-refractivity contribution in [1.29, 1.82) is 0 Å². The van der Waals surface area contributed by atoms with Gasteiger partial charge in [-0.2, -0.15) is 0 Å². The number of methoxy groups -OCH3 is 1. The highest BCUT2D eigenvalue weighted by atomic mass is 16.5. The van der Waals surface area contributed by atoms with Crippen LogP contribution in [0.3, 0.4) is 0 Å². The molecule has 0 bridgehead atoms. The van der Waals surface area contributed by atoms with Crippen molar-refractivity contribution in [3.05, 3.63) is 37.1 Å². The quantitative estimate of drug-likeness (QED) is 0.907. The highest BCUT2D eigenvalue weighted by Gasteiger charge is 2.29. The zero-order valence-electron chi connectivity index (χ0n) is 12.4. The van der Waals surface area contributed by atoms with E-state index in [1.807, 2.05) is 6.20 Å². The van der Waals surface area contributed by atoms with Crippen LogP contribution in [0.1, 0.15) is 25.3 Å². The lowest BCUT2D eigenvalue weighted by molar-refractivity contribution is 0.245. The molecule has 0 radical (unpaired) electrons. The van der Waals surface area contributed by atoms with Gasteiger partial charge in [0.05, 0.1) is 25.5 Å². The molecular formula is C15H19N5O2. The highest BCUT2D eigenvalue weighted by molar-refractivity contribution is 5.90. The monoisotopic (exact) mass is 301 g/mol. The number of anilines is 1. The summed E-state index contributed by atoms with van der Waals surface area (Å²) in [5.74, 6) is 0.398. The summed E-state index contributed by atoms with van der Waals surface area (Å²) in [5, 5.41) is 5.83. The zero-order valence-corrected chi connectivity index (χ0v) is 12.4. The molecule has 3 rings (SSSR count). The Morgan fingerprint density at radius 1 is 1.41 bits per heavy atom. The van der Waals surface area contributed by atoms with Crippen LogP contribution >= 0.6 is 0 Å². The van der Waals surface area contributed by atoms with Crippen LogP contribution in [0.5, 0.6) is 5.88 Å². The van der Waals surface area contributed by atoms with E-state index in [0.717, 1.165) is 19.3 Å². The van der Waals surface area contributed by atoms with Crippen molar-refractivity contribution in [2.45, 2.75) is 31.3 Å². The Bertz CT molecular complexity index is 629. The molecule has 2 N–H and O–H groups in total. The van der Waals surface area contributed by atoms with E-state index in [1.54, 1.807) is 30.9 Å². The molecule has 0 aromatic carbocycles. The third-order valence-electron chi connectivity index (χ3n) is 3.92. The lowest BCUT2D eigenvalue weighted by Crippen LogP contribution is -2.40. The van der Waals surface area contributed by atoms with Gasteiger partial charge in [0, 0.05) is 18.6 Å². The first-order valence-electron chi connectivity index (χ1n) is 7.32. The Morgan fingerprint density at radius 3 is 3.09 bits per heavy atom. The van der Waals surface area contributed by atoms with Gasteiger partial charge in [-0.3, -0.25) is 0 Å². The van der Waals surface area contributed by atoms with Gasteiger partial charge in [-0.05, 0) is 31.4 Å². The molecule has 0 saturated heterocycles. The molecule has 22 heavy (non-hydrogen) atoms. The second kappa shape index (κ2) is 6.46. The number of urea groups is 1. The van der Waals surface area contributed by atoms with Gasteiger partial charge in [-0.15, -0.1) is 0 Å². The summed E-state index contributed by atoms with van der Waals surface area (Å²) < 4.78 is 7.19. The van der Waals surface area contributed by atoms with Gasteiger partial charge >= 0.3 is 6.03 Å². The fraction of sp³-hybridized carbons (Fsp3) is 0.400. The summed E-state index contributed by atoms with van der Waals surface area (Å²) in [6.07, 6.45) is 10.2. The number of pyridine rings is 1. The first-order chi connectivity index (χ1) is 10.8. The summed E-state index contributed by atoms with van der Waals surface area (Å²) >= 11 is 0. The number of hydrogen-bond acceptors (Lipinski definition) is 4. The molecule has 2 amide bonds. The summed E-state index contributed by atoms with van der Waals surface area (Å²) in [7, 11) is 1.53. The Morgan fingerprint density at radius 2 is 2.32 bits per heavy atom. The number of imidazole rings is 1. The Kier molecular flexibility index (Phi) is 4.22. The summed E-state index contributed by atoms with van der Waals surface area (Å²) in [4.78, 5) is 20.4. The van der Waals surface area contributed by atoms with E-state index in [4.69, 9.17) is 4.74 Å². The fourth-order valence-electron chi connectivity index (χ4n) is 2.91. The van der Waals surface area contributed by atoms with Crippen molar-refractivity contribution in [3.8, 4) is 5.88 Å². The van der Waals surface area contributed by atoms with Gasteiger partial charge in [0.25, 0.3) is 0 Å². The molecule has 116 valence electrons. The fourth-order valence-corrected chi connectivity index (χ4v) is 2.91. The van der Waals surface area contributed by atoms with E-state index in [1.165, 1.54) is 7.11 Å². The predicted molar refractivity (Wildman–Crippen MR) is 81.8 cm³/mol. The molecule has 0 aliphatic heterocycles. The van der Waals surface area contributed by atoms with Gasteiger partial charge < -0.3 is 19.9 Å². The maximum Gasteiger partial charge on any atom is 0.319 e. The Labute approximate surface area is 128 Å². The number of amides is 2. The predicted octanol–water partition coefficient (Wildman–Crippen LogP) is 2.20. The first-order valence-corrected chi connectivity index (χ1v) is 7.32. The maximum absolute atomic E-state index is 12.2. The second-order valence-electron chi connectivity index (χ2n) is 5.27. The smallest absolute Gasteiger partial charge is 0.319 e. The lowest BCUT2D eigenvalue weighted by Gasteiger charge is -2.22. The van der Waals surface area contributed by atoms with Crippen molar-refractivity contribution in [3.63, 3.8) is 0 Å². The van der Waals surface area contributed by atoms with Crippen LogP contribution in [0.25, 0.3) is 0 Å². The van der Waals surface area contributed by atoms with Crippen LogP contribution in [0.15, 0.2) is 37.1 Å². The Balaban J connectivity index is 1.64. The van der Waals surface area contributed by atoms with Gasteiger partial charge in [-0.25, -0.2) is 14.8 Å². The third-order valence-corrected chi connectivity index (χ3v) is 3.92.